The van der Waals surface area contributed by atoms with Crippen LogP contribution in [0.3, 0.4) is 0 Å². The summed E-state index contributed by atoms with van der Waals surface area (Å²) in [5.74, 6) is 3.34. The number of thioether (sulfide) groups is 1. The molecule has 0 spiro atoms. The monoisotopic (exact) mass is 306 g/mol. The highest BCUT2D eigenvalue weighted by atomic mass is 35.5. The second kappa shape index (κ2) is 4.54. The van der Waals surface area contributed by atoms with Crippen molar-refractivity contribution in [1.82, 2.24) is 9.97 Å². The molecule has 1 N–H and O–H groups in total. The molecule has 0 fully saturated rings. The van der Waals surface area contributed by atoms with E-state index >= 15 is 0 Å². The second-order valence-electron chi connectivity index (χ2n) is 4.61. The van der Waals surface area contributed by atoms with E-state index in [4.69, 9.17) is 11.6 Å². The number of thiophene rings is 1. The lowest BCUT2D eigenvalue weighted by Crippen LogP contribution is -1.96. The van der Waals surface area contributed by atoms with Gasteiger partial charge in [-0.25, -0.2) is 4.98 Å². The summed E-state index contributed by atoms with van der Waals surface area (Å²) in [6.45, 7) is 0. The zero-order chi connectivity index (χ0) is 12.8. The molecule has 96 valence electrons. The van der Waals surface area contributed by atoms with Crippen molar-refractivity contribution in [1.29, 1.82) is 0 Å². The SMILES string of the molecule is Clc1ccc2nc(-c3cc4c(s3)CCSC4)[nH]c2c1. The molecule has 0 saturated heterocycles. The van der Waals surface area contributed by atoms with Gasteiger partial charge in [-0.3, -0.25) is 0 Å². The molecule has 0 saturated carbocycles. The summed E-state index contributed by atoms with van der Waals surface area (Å²) in [6, 6.07) is 8.05. The molecule has 0 unspecified atom stereocenters. The average Bonchev–Trinajstić information content (AvgIpc) is 3.00. The third-order valence-electron chi connectivity index (χ3n) is 3.30. The Bertz CT molecular complexity index is 736. The number of hydrogen-bond donors (Lipinski definition) is 1. The van der Waals surface area contributed by atoms with Gasteiger partial charge in [-0.05, 0) is 42.0 Å². The van der Waals surface area contributed by atoms with E-state index in [2.05, 4.69) is 16.0 Å². The van der Waals surface area contributed by atoms with Crippen molar-refractivity contribution in [3.63, 3.8) is 0 Å². The molecular weight excluding hydrogens is 296 g/mol. The number of aromatic nitrogens is 2. The lowest BCUT2D eigenvalue weighted by atomic mass is 10.2. The number of imidazole rings is 1. The molecule has 0 bridgehead atoms. The smallest absolute Gasteiger partial charge is 0.148 e. The fourth-order valence-electron chi connectivity index (χ4n) is 2.36. The number of benzene rings is 1. The average molecular weight is 307 g/mol. The topological polar surface area (TPSA) is 28.7 Å². The normalized spacial score (nSPS) is 14.8. The summed E-state index contributed by atoms with van der Waals surface area (Å²) in [7, 11) is 0. The number of aryl methyl sites for hydroxylation is 1. The van der Waals surface area contributed by atoms with E-state index in [0.29, 0.717) is 0 Å². The fraction of sp³-hybridized carbons (Fsp3) is 0.214. The van der Waals surface area contributed by atoms with Crippen LogP contribution in [-0.2, 0) is 12.2 Å². The molecule has 1 aliphatic rings. The Morgan fingerprint density at radius 3 is 3.11 bits per heavy atom. The van der Waals surface area contributed by atoms with E-state index < -0.39 is 0 Å². The first kappa shape index (κ1) is 11.8. The van der Waals surface area contributed by atoms with E-state index in [1.807, 2.05) is 41.3 Å². The molecule has 1 aromatic carbocycles. The Labute approximate surface area is 124 Å². The molecule has 3 aromatic rings. The number of aromatic amines is 1. The van der Waals surface area contributed by atoms with Gasteiger partial charge < -0.3 is 4.98 Å². The summed E-state index contributed by atoms with van der Waals surface area (Å²) < 4.78 is 0. The van der Waals surface area contributed by atoms with Crippen molar-refractivity contribution in [3.05, 3.63) is 39.7 Å². The summed E-state index contributed by atoms with van der Waals surface area (Å²) in [6.07, 6.45) is 1.19. The number of nitrogens with zero attached hydrogens (tertiary/aromatic N) is 1. The minimum absolute atomic E-state index is 0.740. The van der Waals surface area contributed by atoms with Crippen LogP contribution in [0.4, 0.5) is 0 Å². The van der Waals surface area contributed by atoms with Gasteiger partial charge in [0, 0.05) is 15.7 Å². The summed E-state index contributed by atoms with van der Waals surface area (Å²) in [5, 5.41) is 0.740. The van der Waals surface area contributed by atoms with Crippen molar-refractivity contribution < 1.29 is 0 Å². The third kappa shape index (κ3) is 2.08. The second-order valence-corrected chi connectivity index (χ2v) is 7.29. The highest BCUT2D eigenvalue weighted by molar-refractivity contribution is 7.98. The van der Waals surface area contributed by atoms with Gasteiger partial charge in [-0.1, -0.05) is 11.6 Å². The lowest BCUT2D eigenvalue weighted by molar-refractivity contribution is 1.13. The fourth-order valence-corrected chi connectivity index (χ4v) is 4.85. The Balaban J connectivity index is 1.83. The molecule has 4 rings (SSSR count). The summed E-state index contributed by atoms with van der Waals surface area (Å²) in [4.78, 5) is 10.8. The highest BCUT2D eigenvalue weighted by Gasteiger charge is 2.16. The van der Waals surface area contributed by atoms with Crippen LogP contribution in [0.1, 0.15) is 10.4 Å². The van der Waals surface area contributed by atoms with E-state index in [0.717, 1.165) is 27.6 Å². The summed E-state index contributed by atoms with van der Waals surface area (Å²) in [5.41, 5.74) is 3.46. The van der Waals surface area contributed by atoms with Crippen molar-refractivity contribution in [2.45, 2.75) is 12.2 Å². The van der Waals surface area contributed by atoms with Crippen LogP contribution in [0.5, 0.6) is 0 Å². The van der Waals surface area contributed by atoms with E-state index in [9.17, 15) is 0 Å². The zero-order valence-electron chi connectivity index (χ0n) is 10.1. The van der Waals surface area contributed by atoms with Crippen molar-refractivity contribution >= 4 is 45.7 Å². The maximum absolute atomic E-state index is 6.01. The van der Waals surface area contributed by atoms with Crippen LogP contribution >= 0.6 is 34.7 Å². The molecule has 0 aliphatic carbocycles. The first-order chi connectivity index (χ1) is 9.29. The van der Waals surface area contributed by atoms with Gasteiger partial charge in [0.05, 0.1) is 15.9 Å². The largest absolute Gasteiger partial charge is 0.337 e. The van der Waals surface area contributed by atoms with Crippen LogP contribution in [-0.4, -0.2) is 15.7 Å². The van der Waals surface area contributed by atoms with Crippen LogP contribution in [0.25, 0.3) is 21.7 Å². The molecule has 3 heterocycles. The van der Waals surface area contributed by atoms with Crippen LogP contribution in [0, 0.1) is 0 Å². The predicted molar refractivity (Wildman–Crippen MR) is 84.3 cm³/mol. The van der Waals surface area contributed by atoms with E-state index in [-0.39, 0.29) is 0 Å². The van der Waals surface area contributed by atoms with Gasteiger partial charge in [-0.15, -0.1) is 11.3 Å². The Morgan fingerprint density at radius 2 is 2.21 bits per heavy atom. The molecule has 0 atom stereocenters. The Morgan fingerprint density at radius 1 is 1.26 bits per heavy atom. The van der Waals surface area contributed by atoms with E-state index in [1.54, 1.807) is 0 Å². The Hall–Kier alpha value is -0.970. The number of halogens is 1. The lowest BCUT2D eigenvalue weighted by Gasteiger charge is -2.08. The zero-order valence-corrected chi connectivity index (χ0v) is 12.5. The van der Waals surface area contributed by atoms with E-state index in [1.165, 1.54) is 27.5 Å². The van der Waals surface area contributed by atoms with Gasteiger partial charge in [0.25, 0.3) is 0 Å². The number of rotatable bonds is 1. The van der Waals surface area contributed by atoms with Crippen molar-refractivity contribution in [2.75, 3.05) is 5.75 Å². The number of hydrogen-bond acceptors (Lipinski definition) is 3. The molecule has 0 radical (unpaired) electrons. The van der Waals surface area contributed by atoms with Crippen molar-refractivity contribution in [3.8, 4) is 10.7 Å². The maximum atomic E-state index is 6.01. The van der Waals surface area contributed by atoms with Crippen LogP contribution in [0.15, 0.2) is 24.3 Å². The van der Waals surface area contributed by atoms with Gasteiger partial charge in [0.15, 0.2) is 0 Å². The minimum atomic E-state index is 0.740. The molecule has 2 nitrogen and oxygen atoms in total. The Kier molecular flexibility index (Phi) is 2.83. The summed E-state index contributed by atoms with van der Waals surface area (Å²) >= 11 is 9.89. The van der Waals surface area contributed by atoms with Gasteiger partial charge in [0.2, 0.25) is 0 Å². The molecule has 0 amide bonds. The first-order valence-electron chi connectivity index (χ1n) is 6.14. The van der Waals surface area contributed by atoms with Crippen molar-refractivity contribution in [2.24, 2.45) is 0 Å². The van der Waals surface area contributed by atoms with Gasteiger partial charge in [0.1, 0.15) is 5.82 Å². The predicted octanol–water partition coefficient (Wildman–Crippen LogP) is 4.73. The number of H-pyrrole nitrogens is 1. The third-order valence-corrected chi connectivity index (χ3v) is 5.79. The quantitative estimate of drug-likeness (QED) is 0.704. The molecular formula is C14H11ClN2S2. The van der Waals surface area contributed by atoms with Crippen LogP contribution in [0.2, 0.25) is 5.02 Å². The van der Waals surface area contributed by atoms with Crippen LogP contribution < -0.4 is 0 Å². The highest BCUT2D eigenvalue weighted by Crippen LogP contribution is 2.36. The molecule has 1 aliphatic heterocycles. The molecule has 19 heavy (non-hydrogen) atoms. The maximum Gasteiger partial charge on any atom is 0.148 e. The number of nitrogens with one attached hydrogen (secondary N) is 1. The standard InChI is InChI=1S/C14H11ClN2S2/c15-9-1-2-10-11(6-9)17-14(16-10)13-5-8-7-18-4-3-12(8)19-13/h1-2,5-6H,3-4,7H2,(H,16,17). The molecule has 5 heteroatoms. The molecule has 2 aromatic heterocycles. The van der Waals surface area contributed by atoms with Gasteiger partial charge >= 0.3 is 0 Å². The first-order valence-corrected chi connectivity index (χ1v) is 8.49. The number of fused-ring (bicyclic) bond motifs is 2. The van der Waals surface area contributed by atoms with Gasteiger partial charge in [-0.2, -0.15) is 11.8 Å². The minimum Gasteiger partial charge on any atom is -0.337 e.